The van der Waals surface area contributed by atoms with E-state index in [9.17, 15) is 31.2 Å². The first-order chi connectivity index (χ1) is 17.6. The summed E-state index contributed by atoms with van der Waals surface area (Å²) in [4.78, 5) is 27.6. The van der Waals surface area contributed by atoms with Crippen molar-refractivity contribution < 1.29 is 31.2 Å². The number of anilines is 1. The molecule has 0 heterocycles. The maximum absolute atomic E-state index is 13.3. The lowest BCUT2D eigenvalue weighted by Crippen LogP contribution is -2.49. The predicted molar refractivity (Wildman–Crippen MR) is 145 cm³/mol. The zero-order valence-electron chi connectivity index (χ0n) is 21.8. The summed E-state index contributed by atoms with van der Waals surface area (Å²) < 4.78 is 66.0. The standard InChI is InChI=1S/C26H33BrF3N3O4S/c1-5-18(2)31-25(35)19(3)32(17-20-9-6-11-22(27)15-20)24(34)13-8-14-33(38(4,36)37)23-12-7-10-21(16-23)26(28,29)30/h6-7,9-12,15-16,18-19H,5,8,13-14,17H2,1-4H3,(H,31,35)/t18-,19+/m0/s1. The van der Waals surface area contributed by atoms with Gasteiger partial charge in [0.05, 0.1) is 17.5 Å². The number of amides is 2. The number of hydrogen-bond donors (Lipinski definition) is 1. The minimum atomic E-state index is -4.63. The maximum atomic E-state index is 13.3. The van der Waals surface area contributed by atoms with Crippen LogP contribution in [0.2, 0.25) is 0 Å². The molecule has 0 bridgehead atoms. The molecule has 2 aromatic carbocycles. The highest BCUT2D eigenvalue weighted by Crippen LogP contribution is 2.32. The largest absolute Gasteiger partial charge is 0.416 e. The third kappa shape index (κ3) is 9.30. The molecule has 2 atom stereocenters. The first-order valence-corrected chi connectivity index (χ1v) is 14.8. The fourth-order valence-corrected chi connectivity index (χ4v) is 5.13. The monoisotopic (exact) mass is 619 g/mol. The van der Waals surface area contributed by atoms with Crippen LogP contribution in [0.5, 0.6) is 0 Å². The highest BCUT2D eigenvalue weighted by atomic mass is 79.9. The minimum absolute atomic E-state index is 0.0385. The molecule has 0 unspecified atom stereocenters. The van der Waals surface area contributed by atoms with Crippen molar-refractivity contribution in [2.75, 3.05) is 17.1 Å². The van der Waals surface area contributed by atoms with Gasteiger partial charge in [-0.25, -0.2) is 8.42 Å². The molecule has 2 rings (SSSR count). The molecule has 210 valence electrons. The van der Waals surface area contributed by atoms with Crippen molar-refractivity contribution >= 4 is 43.5 Å². The van der Waals surface area contributed by atoms with Gasteiger partial charge in [-0.05, 0) is 62.6 Å². The lowest BCUT2D eigenvalue weighted by molar-refractivity contribution is -0.140. The van der Waals surface area contributed by atoms with Crippen LogP contribution in [-0.2, 0) is 32.3 Å². The van der Waals surface area contributed by atoms with Gasteiger partial charge < -0.3 is 10.2 Å². The molecule has 1 N–H and O–H groups in total. The summed E-state index contributed by atoms with van der Waals surface area (Å²) in [5.41, 5.74) is -0.319. The molecular formula is C26H33BrF3N3O4S. The van der Waals surface area contributed by atoms with E-state index in [4.69, 9.17) is 0 Å². The van der Waals surface area contributed by atoms with Gasteiger partial charge in [0, 0.05) is 30.0 Å². The lowest BCUT2D eigenvalue weighted by Gasteiger charge is -2.30. The Morgan fingerprint density at radius 3 is 2.32 bits per heavy atom. The smallest absolute Gasteiger partial charge is 0.352 e. The average Bonchev–Trinajstić information content (AvgIpc) is 2.83. The number of nitrogens with zero attached hydrogens (tertiary/aromatic N) is 2. The van der Waals surface area contributed by atoms with E-state index < -0.39 is 27.8 Å². The summed E-state index contributed by atoms with van der Waals surface area (Å²) in [6, 6.07) is 10.5. The van der Waals surface area contributed by atoms with E-state index >= 15 is 0 Å². The van der Waals surface area contributed by atoms with E-state index in [0.717, 1.165) is 45.2 Å². The maximum Gasteiger partial charge on any atom is 0.416 e. The van der Waals surface area contributed by atoms with Gasteiger partial charge in [-0.3, -0.25) is 13.9 Å². The van der Waals surface area contributed by atoms with Crippen molar-refractivity contribution in [3.05, 3.63) is 64.1 Å². The molecule has 0 aromatic heterocycles. The minimum Gasteiger partial charge on any atom is -0.352 e. The highest BCUT2D eigenvalue weighted by Gasteiger charge is 2.32. The molecule has 0 spiro atoms. The van der Waals surface area contributed by atoms with Gasteiger partial charge in [0.1, 0.15) is 6.04 Å². The molecule has 12 heteroatoms. The Bertz CT molecular complexity index is 1220. The molecule has 0 radical (unpaired) electrons. The number of hydrogen-bond acceptors (Lipinski definition) is 4. The van der Waals surface area contributed by atoms with E-state index in [0.29, 0.717) is 0 Å². The average molecular weight is 621 g/mol. The molecule has 7 nitrogen and oxygen atoms in total. The van der Waals surface area contributed by atoms with E-state index in [1.165, 1.54) is 11.0 Å². The van der Waals surface area contributed by atoms with Crippen molar-refractivity contribution in [1.82, 2.24) is 10.2 Å². The van der Waals surface area contributed by atoms with Gasteiger partial charge in [0.15, 0.2) is 0 Å². The second-order valence-electron chi connectivity index (χ2n) is 9.13. The highest BCUT2D eigenvalue weighted by molar-refractivity contribution is 9.10. The first-order valence-electron chi connectivity index (χ1n) is 12.1. The topological polar surface area (TPSA) is 86.8 Å². The van der Waals surface area contributed by atoms with Crippen LogP contribution in [-0.4, -0.2) is 50.0 Å². The summed E-state index contributed by atoms with van der Waals surface area (Å²) in [7, 11) is -3.93. The molecule has 0 aliphatic heterocycles. The van der Waals surface area contributed by atoms with Gasteiger partial charge in [0.2, 0.25) is 21.8 Å². The Morgan fingerprint density at radius 2 is 1.74 bits per heavy atom. The van der Waals surface area contributed by atoms with Gasteiger partial charge in [-0.1, -0.05) is 41.1 Å². The molecule has 0 aliphatic rings. The number of nitrogens with one attached hydrogen (secondary N) is 1. The van der Waals surface area contributed by atoms with Crippen LogP contribution < -0.4 is 9.62 Å². The molecule has 2 amide bonds. The molecule has 0 saturated carbocycles. The van der Waals surface area contributed by atoms with Gasteiger partial charge in [-0.2, -0.15) is 13.2 Å². The number of rotatable bonds is 12. The summed E-state index contributed by atoms with van der Waals surface area (Å²) >= 11 is 3.40. The van der Waals surface area contributed by atoms with Crippen LogP contribution >= 0.6 is 15.9 Å². The molecule has 0 fully saturated rings. The van der Waals surface area contributed by atoms with Crippen LogP contribution in [0, 0.1) is 0 Å². The Labute approximate surface area is 230 Å². The quantitative estimate of drug-likeness (QED) is 0.347. The fourth-order valence-electron chi connectivity index (χ4n) is 3.72. The van der Waals surface area contributed by atoms with Gasteiger partial charge in [-0.15, -0.1) is 0 Å². The second kappa shape index (κ2) is 13.5. The molecule has 0 saturated heterocycles. The van der Waals surface area contributed by atoms with Crippen molar-refractivity contribution in [2.45, 2.75) is 64.8 Å². The van der Waals surface area contributed by atoms with Gasteiger partial charge >= 0.3 is 6.18 Å². The molecule has 0 aliphatic carbocycles. The first kappa shape index (κ1) is 31.6. The number of carbonyl (C=O) groups is 2. The summed E-state index contributed by atoms with van der Waals surface area (Å²) in [5, 5.41) is 2.87. The van der Waals surface area contributed by atoms with Crippen molar-refractivity contribution in [1.29, 1.82) is 0 Å². The Kier molecular flexibility index (Phi) is 11.2. The summed E-state index contributed by atoms with van der Waals surface area (Å²) in [5.74, 6) is -0.696. The van der Waals surface area contributed by atoms with Gasteiger partial charge in [0.25, 0.3) is 0 Å². The zero-order chi connectivity index (χ0) is 28.7. The molecular weight excluding hydrogens is 587 g/mol. The number of benzene rings is 2. The summed E-state index contributed by atoms with van der Waals surface area (Å²) in [6.07, 6.45) is -3.09. The Hall–Kier alpha value is -2.60. The second-order valence-corrected chi connectivity index (χ2v) is 12.0. The zero-order valence-corrected chi connectivity index (χ0v) is 24.2. The number of alkyl halides is 3. The summed E-state index contributed by atoms with van der Waals surface area (Å²) in [6.45, 7) is 5.36. The molecule has 38 heavy (non-hydrogen) atoms. The predicted octanol–water partition coefficient (Wildman–Crippen LogP) is 5.35. The normalized spacial score (nSPS) is 13.5. The third-order valence-corrected chi connectivity index (χ3v) is 7.71. The molecule has 2 aromatic rings. The third-order valence-electron chi connectivity index (χ3n) is 6.02. The Balaban J connectivity index is 2.22. The van der Waals surface area contributed by atoms with E-state index in [1.54, 1.807) is 6.92 Å². The number of halogens is 4. The number of sulfonamides is 1. The van der Waals surface area contributed by atoms with Crippen LogP contribution in [0.3, 0.4) is 0 Å². The van der Waals surface area contributed by atoms with Crippen LogP contribution in [0.1, 0.15) is 51.2 Å². The number of carbonyl (C=O) groups excluding carboxylic acids is 2. The SMILES string of the molecule is CC[C@H](C)NC(=O)[C@@H](C)N(Cc1cccc(Br)c1)C(=O)CCCN(c1cccc(C(F)(F)F)c1)S(C)(=O)=O. The van der Waals surface area contributed by atoms with E-state index in [-0.39, 0.29) is 49.5 Å². The van der Waals surface area contributed by atoms with Crippen LogP contribution in [0.25, 0.3) is 0 Å². The van der Waals surface area contributed by atoms with Crippen molar-refractivity contribution in [3.8, 4) is 0 Å². The van der Waals surface area contributed by atoms with Crippen LogP contribution in [0.15, 0.2) is 53.0 Å². The van der Waals surface area contributed by atoms with E-state index in [2.05, 4.69) is 21.2 Å². The van der Waals surface area contributed by atoms with Crippen molar-refractivity contribution in [2.24, 2.45) is 0 Å². The van der Waals surface area contributed by atoms with Crippen LogP contribution in [0.4, 0.5) is 18.9 Å². The Morgan fingerprint density at radius 1 is 1.08 bits per heavy atom. The van der Waals surface area contributed by atoms with Crippen molar-refractivity contribution in [3.63, 3.8) is 0 Å². The van der Waals surface area contributed by atoms with E-state index in [1.807, 2.05) is 38.1 Å². The fraction of sp³-hybridized carbons (Fsp3) is 0.462. The lowest BCUT2D eigenvalue weighted by atomic mass is 10.1.